The minimum Gasteiger partial charge on any atom is -0.497 e. The molecule has 0 radical (unpaired) electrons. The van der Waals surface area contributed by atoms with E-state index in [4.69, 9.17) is 10.5 Å². The summed E-state index contributed by atoms with van der Waals surface area (Å²) in [6, 6.07) is 7.56. The van der Waals surface area contributed by atoms with Gasteiger partial charge >= 0.3 is 0 Å². The fourth-order valence-corrected chi connectivity index (χ4v) is 6.74. The third-order valence-electron chi connectivity index (χ3n) is 8.21. The second-order valence-corrected chi connectivity index (χ2v) is 9.46. The maximum absolute atomic E-state index is 5.63. The number of rotatable bonds is 7. The summed E-state index contributed by atoms with van der Waals surface area (Å²) in [5, 5.41) is 3.95. The molecule has 5 atom stereocenters. The van der Waals surface area contributed by atoms with E-state index in [1.54, 1.807) is 18.2 Å². The molecule has 3 aliphatic carbocycles. The number of benzene rings is 1. The largest absolute Gasteiger partial charge is 0.497 e. The average Bonchev–Trinajstić information content (AvgIpc) is 3.03. The van der Waals surface area contributed by atoms with E-state index in [2.05, 4.69) is 30.4 Å². The monoisotopic (exact) mass is 370 g/mol. The van der Waals surface area contributed by atoms with Gasteiger partial charge in [-0.25, -0.2) is 0 Å². The summed E-state index contributed by atoms with van der Waals surface area (Å²) in [7, 11) is 1.78. The van der Waals surface area contributed by atoms with Gasteiger partial charge in [-0.15, -0.1) is 0 Å². The molecule has 2 saturated carbocycles. The molecule has 4 rings (SSSR count). The molecule has 3 nitrogen and oxygen atoms in total. The molecule has 3 heteroatoms. The standard InChI is InChI=1S/C24H38N2O/c1-24-13-12-20-19-9-7-18(27-2)16-17(19)6-8-21(20)22(24)10-11-23(24)26-15-5-3-4-14-25/h7,9,16,20-23,26H,3-6,8,10-15,25H2,1-2H3/t20-,21-,22+,23+,24+/m1/s1. The molecule has 0 unspecified atom stereocenters. The lowest BCUT2D eigenvalue weighted by molar-refractivity contribution is 0.0412. The van der Waals surface area contributed by atoms with E-state index in [0.717, 1.165) is 36.1 Å². The van der Waals surface area contributed by atoms with Crippen LogP contribution >= 0.6 is 0 Å². The van der Waals surface area contributed by atoms with Crippen molar-refractivity contribution < 1.29 is 4.74 Å². The van der Waals surface area contributed by atoms with Gasteiger partial charge in [0.25, 0.3) is 0 Å². The van der Waals surface area contributed by atoms with E-state index in [9.17, 15) is 0 Å². The highest BCUT2D eigenvalue weighted by Crippen LogP contribution is 2.60. The molecule has 0 heterocycles. The Bertz CT molecular complexity index is 645. The van der Waals surface area contributed by atoms with Crippen LogP contribution in [0.3, 0.4) is 0 Å². The number of hydrogen-bond donors (Lipinski definition) is 2. The van der Waals surface area contributed by atoms with Crippen molar-refractivity contribution in [2.45, 2.75) is 76.7 Å². The maximum Gasteiger partial charge on any atom is 0.119 e. The van der Waals surface area contributed by atoms with E-state index in [0.29, 0.717) is 5.41 Å². The van der Waals surface area contributed by atoms with Gasteiger partial charge in [-0.05, 0) is 111 Å². The van der Waals surface area contributed by atoms with Crippen LogP contribution in [0.25, 0.3) is 0 Å². The Kier molecular flexibility index (Phi) is 5.80. The first-order valence-corrected chi connectivity index (χ1v) is 11.3. The van der Waals surface area contributed by atoms with Gasteiger partial charge in [-0.2, -0.15) is 0 Å². The maximum atomic E-state index is 5.63. The molecular formula is C24H38N2O. The van der Waals surface area contributed by atoms with E-state index < -0.39 is 0 Å². The first-order chi connectivity index (χ1) is 13.2. The summed E-state index contributed by atoms with van der Waals surface area (Å²) in [5.41, 5.74) is 9.31. The van der Waals surface area contributed by atoms with Crippen molar-refractivity contribution in [2.75, 3.05) is 20.2 Å². The van der Waals surface area contributed by atoms with Crippen molar-refractivity contribution in [1.82, 2.24) is 5.32 Å². The number of fused-ring (bicyclic) bond motifs is 5. The number of nitrogens with two attached hydrogens (primary N) is 1. The molecule has 3 aliphatic rings. The van der Waals surface area contributed by atoms with Crippen molar-refractivity contribution in [3.05, 3.63) is 29.3 Å². The molecule has 3 N–H and O–H groups in total. The van der Waals surface area contributed by atoms with Crippen molar-refractivity contribution in [3.63, 3.8) is 0 Å². The van der Waals surface area contributed by atoms with Gasteiger partial charge in [0.15, 0.2) is 0 Å². The van der Waals surface area contributed by atoms with Gasteiger partial charge in [-0.1, -0.05) is 19.4 Å². The SMILES string of the molecule is COc1ccc2c(c1)CC[C@@H]1[C@@H]2CC[C@]2(C)[C@@H](NCCCCCN)CC[C@@H]12. The van der Waals surface area contributed by atoms with Crippen LogP contribution in [-0.4, -0.2) is 26.2 Å². The Hall–Kier alpha value is -1.06. The molecule has 27 heavy (non-hydrogen) atoms. The van der Waals surface area contributed by atoms with Crippen molar-refractivity contribution >= 4 is 0 Å². The average molecular weight is 371 g/mol. The quantitative estimate of drug-likeness (QED) is 0.688. The van der Waals surface area contributed by atoms with Gasteiger partial charge < -0.3 is 15.8 Å². The van der Waals surface area contributed by atoms with Crippen LogP contribution in [0, 0.1) is 17.3 Å². The number of hydrogen-bond acceptors (Lipinski definition) is 3. The summed E-state index contributed by atoms with van der Waals surface area (Å²) in [6.45, 7) is 4.60. The minimum atomic E-state index is 0.499. The Morgan fingerprint density at radius 1 is 1.15 bits per heavy atom. The molecule has 1 aromatic rings. The highest BCUT2D eigenvalue weighted by molar-refractivity contribution is 5.40. The zero-order valence-electron chi connectivity index (χ0n) is 17.3. The van der Waals surface area contributed by atoms with Crippen molar-refractivity contribution in [3.8, 4) is 5.75 Å². The number of methoxy groups -OCH3 is 1. The van der Waals surface area contributed by atoms with Gasteiger partial charge in [0.2, 0.25) is 0 Å². The smallest absolute Gasteiger partial charge is 0.119 e. The Labute approximate surface area is 165 Å². The first-order valence-electron chi connectivity index (χ1n) is 11.3. The van der Waals surface area contributed by atoms with Crippen molar-refractivity contribution in [1.29, 1.82) is 0 Å². The Morgan fingerprint density at radius 3 is 2.85 bits per heavy atom. The zero-order chi connectivity index (χ0) is 18.9. The molecule has 0 aliphatic heterocycles. The number of nitrogens with one attached hydrogen (secondary N) is 1. The second-order valence-electron chi connectivity index (χ2n) is 9.46. The normalized spacial score (nSPS) is 34.6. The van der Waals surface area contributed by atoms with Gasteiger partial charge in [0, 0.05) is 6.04 Å². The number of aryl methyl sites for hydroxylation is 1. The topological polar surface area (TPSA) is 47.3 Å². The Balaban J connectivity index is 1.44. The molecule has 150 valence electrons. The van der Waals surface area contributed by atoms with E-state index in [1.807, 2.05) is 0 Å². The third-order valence-corrected chi connectivity index (χ3v) is 8.21. The summed E-state index contributed by atoms with van der Waals surface area (Å²) in [6.07, 6.45) is 11.8. The molecule has 0 amide bonds. The zero-order valence-corrected chi connectivity index (χ0v) is 17.3. The lowest BCUT2D eigenvalue weighted by Crippen LogP contribution is -2.48. The number of unbranched alkanes of at least 4 members (excludes halogenated alkanes) is 2. The predicted molar refractivity (Wildman–Crippen MR) is 112 cm³/mol. The highest BCUT2D eigenvalue weighted by Gasteiger charge is 2.54. The molecule has 0 saturated heterocycles. The van der Waals surface area contributed by atoms with E-state index in [1.165, 1.54) is 64.3 Å². The van der Waals surface area contributed by atoms with Gasteiger partial charge in [-0.3, -0.25) is 0 Å². The molecule has 0 bridgehead atoms. The molecular weight excluding hydrogens is 332 g/mol. The van der Waals surface area contributed by atoms with Crippen LogP contribution in [0.15, 0.2) is 18.2 Å². The summed E-state index contributed by atoms with van der Waals surface area (Å²) >= 11 is 0. The van der Waals surface area contributed by atoms with Crippen LogP contribution in [0.4, 0.5) is 0 Å². The van der Waals surface area contributed by atoms with Crippen LogP contribution < -0.4 is 15.8 Å². The molecule has 0 spiro atoms. The lowest BCUT2D eigenvalue weighted by Gasteiger charge is -2.51. The number of ether oxygens (including phenoxy) is 1. The lowest BCUT2D eigenvalue weighted by atomic mass is 9.55. The van der Waals surface area contributed by atoms with Gasteiger partial charge in [0.05, 0.1) is 7.11 Å². The van der Waals surface area contributed by atoms with Gasteiger partial charge in [0.1, 0.15) is 5.75 Å². The Morgan fingerprint density at radius 2 is 2.04 bits per heavy atom. The minimum absolute atomic E-state index is 0.499. The van der Waals surface area contributed by atoms with E-state index >= 15 is 0 Å². The fourth-order valence-electron chi connectivity index (χ4n) is 6.74. The van der Waals surface area contributed by atoms with Crippen LogP contribution in [0.1, 0.15) is 75.3 Å². The molecule has 0 aromatic heterocycles. The van der Waals surface area contributed by atoms with Crippen LogP contribution in [0.5, 0.6) is 5.75 Å². The van der Waals surface area contributed by atoms with Crippen LogP contribution in [-0.2, 0) is 6.42 Å². The third kappa shape index (κ3) is 3.53. The highest BCUT2D eigenvalue weighted by atomic mass is 16.5. The summed E-state index contributed by atoms with van der Waals surface area (Å²) in [5.74, 6) is 3.58. The summed E-state index contributed by atoms with van der Waals surface area (Å²) < 4.78 is 5.46. The molecule has 2 fully saturated rings. The molecule has 1 aromatic carbocycles. The summed E-state index contributed by atoms with van der Waals surface area (Å²) in [4.78, 5) is 0. The predicted octanol–water partition coefficient (Wildman–Crippen LogP) is 4.64. The van der Waals surface area contributed by atoms with Crippen LogP contribution in [0.2, 0.25) is 0 Å². The van der Waals surface area contributed by atoms with Crippen molar-refractivity contribution in [2.24, 2.45) is 23.0 Å². The second kappa shape index (κ2) is 8.13. The van der Waals surface area contributed by atoms with E-state index in [-0.39, 0.29) is 0 Å². The first kappa shape index (κ1) is 19.3. The fraction of sp³-hybridized carbons (Fsp3) is 0.750.